The molecule has 0 bridgehead atoms. The van der Waals surface area contributed by atoms with E-state index in [1.165, 1.54) is 0 Å². The summed E-state index contributed by atoms with van der Waals surface area (Å²) in [5.74, 6) is 1.18. The average Bonchev–Trinajstić information content (AvgIpc) is 2.95. The number of hydrogen-bond donors (Lipinski definition) is 2. The Bertz CT molecular complexity index is 769. The number of aliphatic hydroxyl groups excluding tert-OH is 1. The van der Waals surface area contributed by atoms with Crippen molar-refractivity contribution in [1.29, 1.82) is 0 Å². The van der Waals surface area contributed by atoms with E-state index in [1.54, 1.807) is 20.1 Å². The molecule has 25 heavy (non-hydrogen) atoms. The topological polar surface area (TPSA) is 62.3 Å². The predicted octanol–water partition coefficient (Wildman–Crippen LogP) is 4.49. The molecule has 1 heterocycles. The maximum atomic E-state index is 10.1. The molecular weight excluding hydrogens is 314 g/mol. The molecule has 4 nitrogen and oxygen atoms in total. The van der Waals surface area contributed by atoms with Gasteiger partial charge < -0.3 is 14.8 Å². The van der Waals surface area contributed by atoms with Crippen molar-refractivity contribution < 1.29 is 14.6 Å². The molecule has 0 radical (unpaired) electrons. The number of aldehydes is 1. The zero-order valence-corrected chi connectivity index (χ0v) is 15.4. The summed E-state index contributed by atoms with van der Waals surface area (Å²) < 4.78 is 5.14. The van der Waals surface area contributed by atoms with Crippen LogP contribution in [-0.4, -0.2) is 23.5 Å². The average molecular weight is 341 g/mol. The van der Waals surface area contributed by atoms with Gasteiger partial charge in [0.25, 0.3) is 0 Å². The Morgan fingerprint density at radius 3 is 2.72 bits per heavy atom. The number of aromatic nitrogens is 1. The number of hydrogen-bond acceptors (Lipinski definition) is 3. The SMILES string of the molecule is C=CC(C)C=C/C=C(\C)C=O.COc1ccc2[nH]c(C)c(CO)c2c1. The minimum Gasteiger partial charge on any atom is -0.497 e. The number of aromatic amines is 1. The van der Waals surface area contributed by atoms with Crippen molar-refractivity contribution in [3.8, 4) is 5.75 Å². The van der Waals surface area contributed by atoms with Crippen LogP contribution >= 0.6 is 0 Å². The van der Waals surface area contributed by atoms with E-state index in [9.17, 15) is 9.90 Å². The Balaban J connectivity index is 0.000000260. The van der Waals surface area contributed by atoms with Crippen LogP contribution in [0.5, 0.6) is 5.75 Å². The van der Waals surface area contributed by atoms with Crippen LogP contribution < -0.4 is 4.74 Å². The summed E-state index contributed by atoms with van der Waals surface area (Å²) in [4.78, 5) is 13.3. The summed E-state index contributed by atoms with van der Waals surface area (Å²) in [7, 11) is 1.64. The maximum Gasteiger partial charge on any atom is 0.145 e. The van der Waals surface area contributed by atoms with Gasteiger partial charge in [0.05, 0.1) is 13.7 Å². The summed E-state index contributed by atoms with van der Waals surface area (Å²) in [5.41, 5.74) is 3.72. The minimum absolute atomic E-state index is 0.0546. The number of rotatable bonds is 6. The second-order valence-corrected chi connectivity index (χ2v) is 5.81. The van der Waals surface area contributed by atoms with Crippen molar-refractivity contribution in [3.05, 3.63) is 65.9 Å². The first-order valence-electron chi connectivity index (χ1n) is 8.15. The van der Waals surface area contributed by atoms with Gasteiger partial charge in [-0.1, -0.05) is 31.2 Å². The fraction of sp³-hybridized carbons (Fsp3) is 0.286. The number of aliphatic hydroxyl groups is 1. The Kier molecular flexibility index (Phi) is 8.44. The second kappa shape index (κ2) is 10.3. The molecule has 1 unspecified atom stereocenters. The molecule has 0 fully saturated rings. The molecule has 0 aliphatic rings. The summed E-state index contributed by atoms with van der Waals surface area (Å²) in [6.45, 7) is 9.46. The lowest BCUT2D eigenvalue weighted by molar-refractivity contribution is -0.104. The van der Waals surface area contributed by atoms with Crippen molar-refractivity contribution in [2.24, 2.45) is 5.92 Å². The zero-order chi connectivity index (χ0) is 18.8. The first kappa shape index (κ1) is 20.5. The summed E-state index contributed by atoms with van der Waals surface area (Å²) >= 11 is 0. The highest BCUT2D eigenvalue weighted by molar-refractivity contribution is 5.85. The molecule has 1 aromatic heterocycles. The van der Waals surface area contributed by atoms with E-state index in [4.69, 9.17) is 4.74 Å². The molecule has 2 N–H and O–H groups in total. The van der Waals surface area contributed by atoms with E-state index < -0.39 is 0 Å². The molecule has 0 aliphatic heterocycles. The number of aryl methyl sites for hydroxylation is 1. The highest BCUT2D eigenvalue weighted by atomic mass is 16.5. The van der Waals surface area contributed by atoms with Gasteiger partial charge in [-0.3, -0.25) is 4.79 Å². The predicted molar refractivity (Wildman–Crippen MR) is 104 cm³/mol. The number of fused-ring (bicyclic) bond motifs is 1. The molecule has 1 atom stereocenters. The van der Waals surface area contributed by atoms with Gasteiger partial charge in [-0.25, -0.2) is 0 Å². The van der Waals surface area contributed by atoms with Gasteiger partial charge in [0.1, 0.15) is 12.0 Å². The van der Waals surface area contributed by atoms with E-state index in [1.807, 2.05) is 50.3 Å². The van der Waals surface area contributed by atoms with Crippen LogP contribution in [0.4, 0.5) is 0 Å². The second-order valence-electron chi connectivity index (χ2n) is 5.81. The first-order chi connectivity index (χ1) is 12.0. The van der Waals surface area contributed by atoms with Crippen LogP contribution in [0.3, 0.4) is 0 Å². The van der Waals surface area contributed by atoms with Gasteiger partial charge in [-0.05, 0) is 43.5 Å². The fourth-order valence-corrected chi connectivity index (χ4v) is 2.19. The first-order valence-corrected chi connectivity index (χ1v) is 8.15. The quantitative estimate of drug-likeness (QED) is 0.352. The van der Waals surface area contributed by atoms with Gasteiger partial charge in [-0.2, -0.15) is 0 Å². The molecular formula is C21H27NO3. The summed E-state index contributed by atoms with van der Waals surface area (Å²) in [6.07, 6.45) is 8.33. The third-order valence-electron chi connectivity index (χ3n) is 3.82. The molecule has 0 spiro atoms. The molecule has 134 valence electrons. The van der Waals surface area contributed by atoms with Crippen LogP contribution in [-0.2, 0) is 11.4 Å². The number of ether oxygens (including phenoxy) is 1. The van der Waals surface area contributed by atoms with Gasteiger partial charge >= 0.3 is 0 Å². The van der Waals surface area contributed by atoms with Crippen LogP contribution in [0, 0.1) is 12.8 Å². The number of methoxy groups -OCH3 is 1. The van der Waals surface area contributed by atoms with Gasteiger partial charge in [-0.15, -0.1) is 6.58 Å². The molecule has 2 rings (SSSR count). The van der Waals surface area contributed by atoms with Crippen molar-refractivity contribution in [2.75, 3.05) is 7.11 Å². The van der Waals surface area contributed by atoms with Crippen molar-refractivity contribution in [1.82, 2.24) is 4.98 Å². The Labute approximate surface area is 149 Å². The van der Waals surface area contributed by atoms with E-state index in [-0.39, 0.29) is 6.61 Å². The van der Waals surface area contributed by atoms with Crippen LogP contribution in [0.25, 0.3) is 10.9 Å². The largest absolute Gasteiger partial charge is 0.497 e. The lowest BCUT2D eigenvalue weighted by Crippen LogP contribution is -1.85. The monoisotopic (exact) mass is 341 g/mol. The third kappa shape index (κ3) is 6.08. The molecule has 4 heteroatoms. The lowest BCUT2D eigenvalue weighted by atomic mass is 10.1. The Morgan fingerprint density at radius 2 is 2.16 bits per heavy atom. The van der Waals surface area contributed by atoms with Crippen molar-refractivity contribution in [2.45, 2.75) is 27.4 Å². The third-order valence-corrected chi connectivity index (χ3v) is 3.82. The van der Waals surface area contributed by atoms with Crippen molar-refractivity contribution in [3.63, 3.8) is 0 Å². The summed E-state index contributed by atoms with van der Waals surface area (Å²) in [6, 6.07) is 5.80. The summed E-state index contributed by atoms with van der Waals surface area (Å²) in [5, 5.41) is 10.2. The van der Waals surface area contributed by atoms with Crippen LogP contribution in [0.2, 0.25) is 0 Å². The van der Waals surface area contributed by atoms with Gasteiger partial charge in [0, 0.05) is 22.2 Å². The fourth-order valence-electron chi connectivity index (χ4n) is 2.19. The number of allylic oxidation sites excluding steroid dienone is 5. The number of H-pyrrole nitrogens is 1. The molecule has 0 aliphatic carbocycles. The van der Waals surface area contributed by atoms with E-state index in [0.717, 1.165) is 39.8 Å². The smallest absolute Gasteiger partial charge is 0.145 e. The Hall–Kier alpha value is -2.59. The number of benzene rings is 1. The standard InChI is InChI=1S/C11H13NO2.C10H14O/c1-7-10(6-13)9-5-8(14-2)3-4-11(9)12-7;1-4-9(2)6-5-7-10(3)8-11/h3-5,12-13H,6H2,1-2H3;4-9H,1H2,2-3H3/b;6-5?,10-7+. The van der Waals surface area contributed by atoms with Crippen molar-refractivity contribution >= 4 is 17.2 Å². The number of carbonyl (C=O) groups excluding carboxylic acids is 1. The number of carbonyl (C=O) groups is 1. The number of nitrogens with one attached hydrogen (secondary N) is 1. The molecule has 1 aromatic carbocycles. The minimum atomic E-state index is 0.0546. The zero-order valence-electron chi connectivity index (χ0n) is 15.4. The van der Waals surface area contributed by atoms with E-state index in [0.29, 0.717) is 5.92 Å². The van der Waals surface area contributed by atoms with Gasteiger partial charge in [0.2, 0.25) is 0 Å². The normalized spacial score (nSPS) is 12.6. The van der Waals surface area contributed by atoms with E-state index in [2.05, 4.69) is 11.6 Å². The highest BCUT2D eigenvalue weighted by Gasteiger charge is 2.07. The lowest BCUT2D eigenvalue weighted by Gasteiger charge is -1.99. The van der Waals surface area contributed by atoms with Crippen LogP contribution in [0.15, 0.2) is 54.7 Å². The molecule has 0 saturated heterocycles. The molecule has 0 amide bonds. The highest BCUT2D eigenvalue weighted by Crippen LogP contribution is 2.26. The van der Waals surface area contributed by atoms with Gasteiger partial charge in [0.15, 0.2) is 0 Å². The van der Waals surface area contributed by atoms with Crippen LogP contribution in [0.1, 0.15) is 25.1 Å². The molecule has 0 saturated carbocycles. The Morgan fingerprint density at radius 1 is 1.44 bits per heavy atom. The van der Waals surface area contributed by atoms with E-state index >= 15 is 0 Å². The maximum absolute atomic E-state index is 10.1. The molecule has 2 aromatic rings.